The first-order valence-electron chi connectivity index (χ1n) is 11.5. The maximum absolute atomic E-state index is 11.0. The molecule has 1 unspecified atom stereocenters. The number of aliphatic hydroxyl groups excluding tert-OH is 2. The number of anilines is 1. The molecule has 5 N–H and O–H groups in total. The quantitative estimate of drug-likeness (QED) is 0.316. The summed E-state index contributed by atoms with van der Waals surface area (Å²) in [5, 5.41) is 26.9. The highest BCUT2D eigenvalue weighted by Gasteiger charge is 2.20. The zero-order valence-corrected chi connectivity index (χ0v) is 20.6. The fraction of sp³-hybridized carbons (Fsp3) is 0.458. The first kappa shape index (κ1) is 26.0. The minimum Gasteiger partial charge on any atom is -0.490 e. The smallest absolute Gasteiger partial charge is 0.277 e. The summed E-state index contributed by atoms with van der Waals surface area (Å²) in [6, 6.07) is 5.72. The number of rotatable bonds is 11. The first-order chi connectivity index (χ1) is 16.6. The van der Waals surface area contributed by atoms with Crippen LogP contribution >= 0.6 is 0 Å². The molecule has 3 rings (SSSR count). The van der Waals surface area contributed by atoms with Crippen LogP contribution in [0.1, 0.15) is 44.0 Å². The van der Waals surface area contributed by atoms with E-state index in [1.807, 2.05) is 46.8 Å². The zero-order chi connectivity index (χ0) is 25.7. The number of amides is 1. The van der Waals surface area contributed by atoms with Crippen LogP contribution < -0.4 is 15.8 Å². The highest BCUT2D eigenvalue weighted by Crippen LogP contribution is 2.31. The monoisotopic (exact) mass is 484 g/mol. The van der Waals surface area contributed by atoms with Crippen molar-refractivity contribution < 1.29 is 24.3 Å². The van der Waals surface area contributed by atoms with Crippen molar-refractivity contribution in [2.45, 2.75) is 65.7 Å². The topological polar surface area (TPSA) is 170 Å². The molecule has 0 saturated heterocycles. The van der Waals surface area contributed by atoms with Gasteiger partial charge in [-0.3, -0.25) is 4.79 Å². The Morgan fingerprint density at radius 2 is 1.91 bits per heavy atom. The highest BCUT2D eigenvalue weighted by molar-refractivity contribution is 5.78. The Labute approximate surface area is 203 Å². The van der Waals surface area contributed by atoms with Crippen LogP contribution in [0.2, 0.25) is 0 Å². The van der Waals surface area contributed by atoms with Gasteiger partial charge >= 0.3 is 0 Å². The largest absolute Gasteiger partial charge is 0.490 e. The van der Waals surface area contributed by atoms with E-state index < -0.39 is 18.1 Å². The molecule has 11 nitrogen and oxygen atoms in total. The Hall–Kier alpha value is -3.57. The van der Waals surface area contributed by atoms with Crippen LogP contribution in [0, 0.1) is 13.8 Å². The number of aromatic nitrogens is 4. The number of aryl methyl sites for hydroxylation is 3. The summed E-state index contributed by atoms with van der Waals surface area (Å²) in [5.74, 6) is 0.908. The Bertz CT molecular complexity index is 1180. The minimum atomic E-state index is -1.42. The Morgan fingerprint density at radius 1 is 1.17 bits per heavy atom. The van der Waals surface area contributed by atoms with Crippen LogP contribution in [0.3, 0.4) is 0 Å². The van der Waals surface area contributed by atoms with Gasteiger partial charge in [0.2, 0.25) is 17.7 Å². The molecule has 0 fully saturated rings. The lowest BCUT2D eigenvalue weighted by Gasteiger charge is -2.18. The van der Waals surface area contributed by atoms with Gasteiger partial charge in [0.25, 0.3) is 5.89 Å². The molecule has 11 heteroatoms. The molecule has 2 atom stereocenters. The van der Waals surface area contributed by atoms with Crippen LogP contribution in [0.25, 0.3) is 23.0 Å². The summed E-state index contributed by atoms with van der Waals surface area (Å²) in [7, 11) is 0. The predicted molar refractivity (Wildman–Crippen MR) is 130 cm³/mol. The first-order valence-corrected chi connectivity index (χ1v) is 11.5. The number of aliphatic hydroxyl groups is 2. The third-order valence-corrected chi connectivity index (χ3v) is 5.15. The summed E-state index contributed by atoms with van der Waals surface area (Å²) in [6.07, 6.45) is -2.01. The number of nitrogens with two attached hydrogens (primary N) is 1. The molecular weight excluding hydrogens is 452 g/mol. The number of ether oxygens (including phenoxy) is 1. The van der Waals surface area contributed by atoms with Gasteiger partial charge in [0, 0.05) is 23.7 Å². The van der Waals surface area contributed by atoms with E-state index in [1.165, 1.54) is 0 Å². The summed E-state index contributed by atoms with van der Waals surface area (Å²) < 4.78 is 11.3. The van der Waals surface area contributed by atoms with E-state index in [1.54, 1.807) is 6.07 Å². The number of nitrogens with zero attached hydrogens (tertiary/aromatic N) is 4. The third-order valence-electron chi connectivity index (χ3n) is 5.15. The fourth-order valence-electron chi connectivity index (χ4n) is 3.51. The second-order valence-corrected chi connectivity index (χ2v) is 8.69. The maximum Gasteiger partial charge on any atom is 0.277 e. The Kier molecular flexibility index (Phi) is 8.36. The van der Waals surface area contributed by atoms with Crippen molar-refractivity contribution in [1.29, 1.82) is 0 Å². The van der Waals surface area contributed by atoms with Crippen LogP contribution in [0.4, 0.5) is 5.95 Å². The molecule has 188 valence electrons. The number of carbonyl (C=O) groups is 1. The van der Waals surface area contributed by atoms with Crippen molar-refractivity contribution >= 4 is 11.9 Å². The third kappa shape index (κ3) is 6.74. The van der Waals surface area contributed by atoms with Crippen molar-refractivity contribution in [3.63, 3.8) is 0 Å². The molecule has 0 aliphatic heterocycles. The van der Waals surface area contributed by atoms with Crippen molar-refractivity contribution in [1.82, 2.24) is 20.1 Å². The second kappa shape index (κ2) is 11.2. The van der Waals surface area contributed by atoms with Crippen LogP contribution in [-0.2, 0) is 11.2 Å². The molecule has 0 bridgehead atoms. The Morgan fingerprint density at radius 3 is 2.57 bits per heavy atom. The zero-order valence-electron chi connectivity index (χ0n) is 20.6. The van der Waals surface area contributed by atoms with Gasteiger partial charge < -0.3 is 30.5 Å². The molecule has 35 heavy (non-hydrogen) atoms. The molecule has 1 amide bonds. The summed E-state index contributed by atoms with van der Waals surface area (Å²) in [4.78, 5) is 24.4. The average Bonchev–Trinajstić information content (AvgIpc) is 3.27. The molecule has 3 aromatic rings. The molecule has 0 radical (unpaired) electrons. The molecule has 0 saturated carbocycles. The van der Waals surface area contributed by atoms with Crippen molar-refractivity contribution in [2.75, 3.05) is 11.9 Å². The van der Waals surface area contributed by atoms with Crippen LogP contribution in [0.5, 0.6) is 5.75 Å². The molecule has 0 spiro atoms. The predicted octanol–water partition coefficient (Wildman–Crippen LogP) is 2.17. The van der Waals surface area contributed by atoms with E-state index in [0.29, 0.717) is 29.6 Å². The van der Waals surface area contributed by atoms with Crippen molar-refractivity contribution in [3.05, 3.63) is 35.0 Å². The van der Waals surface area contributed by atoms with Gasteiger partial charge in [0.05, 0.1) is 6.10 Å². The summed E-state index contributed by atoms with van der Waals surface area (Å²) >= 11 is 0. The number of carbonyl (C=O) groups excluding carboxylic acids is 1. The van der Waals surface area contributed by atoms with Crippen LogP contribution in [0.15, 0.2) is 22.7 Å². The lowest BCUT2D eigenvalue weighted by atomic mass is 10.0. The van der Waals surface area contributed by atoms with Crippen LogP contribution in [-0.4, -0.2) is 61.1 Å². The summed E-state index contributed by atoms with van der Waals surface area (Å²) in [5.41, 5.74) is 8.78. The van der Waals surface area contributed by atoms with Gasteiger partial charge in [-0.1, -0.05) is 12.1 Å². The van der Waals surface area contributed by atoms with Crippen molar-refractivity contribution in [3.8, 4) is 28.7 Å². The van der Waals surface area contributed by atoms with E-state index in [-0.39, 0.29) is 25.0 Å². The van der Waals surface area contributed by atoms with Gasteiger partial charge in [-0.2, -0.15) is 4.98 Å². The second-order valence-electron chi connectivity index (χ2n) is 8.69. The lowest BCUT2D eigenvalue weighted by Crippen LogP contribution is -2.33. The van der Waals surface area contributed by atoms with Gasteiger partial charge in [-0.05, 0) is 63.4 Å². The number of nitrogens with one attached hydrogen (secondary N) is 1. The number of benzene rings is 1. The maximum atomic E-state index is 11.0. The van der Waals surface area contributed by atoms with Gasteiger partial charge in [0.1, 0.15) is 24.2 Å². The Balaban J connectivity index is 1.81. The van der Waals surface area contributed by atoms with Gasteiger partial charge in [-0.15, -0.1) is 0 Å². The number of primary amides is 1. The SMILES string of the molecule is CCc1cc(-c2noc(-c3cc(C)nc(NC(C)C)n3)n2)cc(C)c1OC[C@@H](O)CC(O)C(N)=O. The van der Waals surface area contributed by atoms with E-state index in [4.69, 9.17) is 15.0 Å². The number of hydrogen-bond acceptors (Lipinski definition) is 10. The highest BCUT2D eigenvalue weighted by atomic mass is 16.5. The van der Waals surface area contributed by atoms with E-state index >= 15 is 0 Å². The molecule has 1 aromatic carbocycles. The molecule has 2 heterocycles. The van der Waals surface area contributed by atoms with E-state index in [2.05, 4.69) is 25.4 Å². The lowest BCUT2D eigenvalue weighted by molar-refractivity contribution is -0.127. The van der Waals surface area contributed by atoms with Gasteiger partial charge in [-0.25, -0.2) is 9.97 Å². The standard InChI is InChI=1S/C24H32N6O5/c1-6-15-9-16(7-13(4)20(15)34-11-17(31)10-19(32)21(25)33)22-29-23(35-30-22)18-8-14(5)27-24(28-18)26-12(2)3/h7-9,12,17,19,31-32H,6,10-11H2,1-5H3,(H2,25,33)(H,26,27,28)/t17-,19?/m0/s1. The summed E-state index contributed by atoms with van der Waals surface area (Å²) in [6.45, 7) is 9.64. The molecule has 0 aliphatic carbocycles. The van der Waals surface area contributed by atoms with Gasteiger partial charge in [0.15, 0.2) is 0 Å². The van der Waals surface area contributed by atoms with Crippen molar-refractivity contribution in [2.24, 2.45) is 5.73 Å². The fourth-order valence-corrected chi connectivity index (χ4v) is 3.51. The minimum absolute atomic E-state index is 0.0936. The normalized spacial score (nSPS) is 13.0. The molecule has 0 aliphatic rings. The average molecular weight is 485 g/mol. The molecular formula is C24H32N6O5. The number of hydrogen-bond donors (Lipinski definition) is 4. The van der Waals surface area contributed by atoms with E-state index in [0.717, 1.165) is 22.4 Å². The van der Waals surface area contributed by atoms with E-state index in [9.17, 15) is 15.0 Å². The molecule has 2 aromatic heterocycles.